The zero-order valence-electron chi connectivity index (χ0n) is 9.22. The van der Waals surface area contributed by atoms with E-state index in [1.807, 2.05) is 24.3 Å². The van der Waals surface area contributed by atoms with E-state index in [2.05, 4.69) is 27.0 Å². The predicted molar refractivity (Wildman–Crippen MR) is 71.9 cm³/mol. The first-order chi connectivity index (χ1) is 8.76. The Balaban J connectivity index is 2.13. The van der Waals surface area contributed by atoms with E-state index in [-0.39, 0.29) is 0 Å². The fraction of sp³-hybridized carbons (Fsp3) is 0. The van der Waals surface area contributed by atoms with Crippen LogP contribution in [0.5, 0.6) is 0 Å². The Morgan fingerprint density at radius 2 is 1.89 bits per heavy atom. The number of nitrogens with zero attached hydrogens (tertiary/aromatic N) is 2. The average Bonchev–Trinajstić information content (AvgIpc) is 2.82. The molecule has 18 heavy (non-hydrogen) atoms. The molecule has 0 unspecified atom stereocenters. The summed E-state index contributed by atoms with van der Waals surface area (Å²) >= 11 is 3.38. The molecule has 0 aliphatic carbocycles. The molecule has 0 radical (unpaired) electrons. The standard InChI is InChI=1S/C14H7BrN2O/c15-11-4-2-10(3-5-11)14-17-12-7-9(8-16)1-6-13(12)18-14/h1-7H. The molecule has 0 spiro atoms. The average molecular weight is 299 g/mol. The normalized spacial score (nSPS) is 10.4. The molecule has 3 rings (SSSR count). The van der Waals surface area contributed by atoms with Crippen molar-refractivity contribution < 1.29 is 4.42 Å². The summed E-state index contributed by atoms with van der Waals surface area (Å²) in [6, 6.07) is 15.0. The van der Waals surface area contributed by atoms with Crippen molar-refractivity contribution in [1.82, 2.24) is 4.98 Å². The highest BCUT2D eigenvalue weighted by Gasteiger charge is 2.08. The van der Waals surface area contributed by atoms with Gasteiger partial charge in [-0.05, 0) is 42.5 Å². The Kier molecular flexibility index (Phi) is 2.62. The molecule has 3 aromatic rings. The molecule has 0 atom stereocenters. The predicted octanol–water partition coefficient (Wildman–Crippen LogP) is 4.13. The molecule has 1 heterocycles. The lowest BCUT2D eigenvalue weighted by Gasteiger charge is -1.94. The van der Waals surface area contributed by atoms with E-state index in [4.69, 9.17) is 9.68 Å². The summed E-state index contributed by atoms with van der Waals surface area (Å²) in [5.74, 6) is 0.563. The van der Waals surface area contributed by atoms with Gasteiger partial charge in [-0.15, -0.1) is 0 Å². The summed E-state index contributed by atoms with van der Waals surface area (Å²) in [5.41, 5.74) is 2.88. The molecule has 4 heteroatoms. The number of aromatic nitrogens is 1. The molecule has 1 aromatic heterocycles. The third-order valence-electron chi connectivity index (χ3n) is 2.61. The van der Waals surface area contributed by atoms with Gasteiger partial charge in [-0.2, -0.15) is 5.26 Å². The second-order valence-corrected chi connectivity index (χ2v) is 4.74. The highest BCUT2D eigenvalue weighted by molar-refractivity contribution is 9.10. The molecular weight excluding hydrogens is 292 g/mol. The van der Waals surface area contributed by atoms with E-state index in [1.165, 1.54) is 0 Å². The number of halogens is 1. The SMILES string of the molecule is N#Cc1ccc2oc(-c3ccc(Br)cc3)nc2c1. The van der Waals surface area contributed by atoms with Gasteiger partial charge in [0.05, 0.1) is 11.6 Å². The van der Waals surface area contributed by atoms with E-state index in [0.29, 0.717) is 22.6 Å². The summed E-state index contributed by atoms with van der Waals surface area (Å²) in [6.45, 7) is 0. The molecule has 0 saturated heterocycles. The van der Waals surface area contributed by atoms with Crippen molar-refractivity contribution in [2.24, 2.45) is 0 Å². The van der Waals surface area contributed by atoms with Crippen LogP contribution in [0.4, 0.5) is 0 Å². The van der Waals surface area contributed by atoms with Gasteiger partial charge in [0, 0.05) is 10.0 Å². The lowest BCUT2D eigenvalue weighted by atomic mass is 10.2. The van der Waals surface area contributed by atoms with Crippen molar-refractivity contribution in [3.05, 3.63) is 52.5 Å². The zero-order valence-corrected chi connectivity index (χ0v) is 10.8. The Bertz CT molecular complexity index is 754. The van der Waals surface area contributed by atoms with Crippen molar-refractivity contribution in [1.29, 1.82) is 5.26 Å². The number of nitriles is 1. The molecule has 86 valence electrons. The quantitative estimate of drug-likeness (QED) is 0.679. The third-order valence-corrected chi connectivity index (χ3v) is 3.14. The topological polar surface area (TPSA) is 49.8 Å². The van der Waals surface area contributed by atoms with Crippen LogP contribution in [0.15, 0.2) is 51.4 Å². The van der Waals surface area contributed by atoms with Crippen molar-refractivity contribution >= 4 is 27.0 Å². The Morgan fingerprint density at radius 1 is 1.11 bits per heavy atom. The van der Waals surface area contributed by atoms with Gasteiger partial charge in [0.2, 0.25) is 5.89 Å². The largest absolute Gasteiger partial charge is 0.436 e. The zero-order chi connectivity index (χ0) is 12.5. The first kappa shape index (κ1) is 11.0. The lowest BCUT2D eigenvalue weighted by molar-refractivity contribution is 0.620. The van der Waals surface area contributed by atoms with Crippen molar-refractivity contribution in [3.8, 4) is 17.5 Å². The van der Waals surface area contributed by atoms with Gasteiger partial charge < -0.3 is 4.42 Å². The van der Waals surface area contributed by atoms with Crippen LogP contribution in [-0.2, 0) is 0 Å². The smallest absolute Gasteiger partial charge is 0.227 e. The number of oxazole rings is 1. The van der Waals surface area contributed by atoms with Crippen LogP contribution in [0.2, 0.25) is 0 Å². The van der Waals surface area contributed by atoms with E-state index in [0.717, 1.165) is 10.0 Å². The monoisotopic (exact) mass is 298 g/mol. The van der Waals surface area contributed by atoms with E-state index in [1.54, 1.807) is 18.2 Å². The minimum Gasteiger partial charge on any atom is -0.436 e. The number of fused-ring (bicyclic) bond motifs is 1. The maximum absolute atomic E-state index is 8.84. The molecule has 0 fully saturated rings. The van der Waals surface area contributed by atoms with Crippen molar-refractivity contribution in [3.63, 3.8) is 0 Å². The highest BCUT2D eigenvalue weighted by Crippen LogP contribution is 2.25. The molecule has 0 aliphatic heterocycles. The van der Waals surface area contributed by atoms with Crippen LogP contribution in [-0.4, -0.2) is 4.98 Å². The van der Waals surface area contributed by atoms with Crippen LogP contribution in [0.1, 0.15) is 5.56 Å². The maximum atomic E-state index is 8.84. The summed E-state index contributed by atoms with van der Waals surface area (Å²) < 4.78 is 6.67. The molecule has 0 bridgehead atoms. The lowest BCUT2D eigenvalue weighted by Crippen LogP contribution is -1.76. The van der Waals surface area contributed by atoms with Crippen LogP contribution in [0, 0.1) is 11.3 Å². The Labute approximate surface area is 112 Å². The molecule has 0 N–H and O–H groups in total. The maximum Gasteiger partial charge on any atom is 0.227 e. The van der Waals surface area contributed by atoms with Gasteiger partial charge in [0.1, 0.15) is 5.52 Å². The number of hydrogen-bond acceptors (Lipinski definition) is 3. The highest BCUT2D eigenvalue weighted by atomic mass is 79.9. The summed E-state index contributed by atoms with van der Waals surface area (Å²) in [5, 5.41) is 8.84. The van der Waals surface area contributed by atoms with Crippen LogP contribution in [0.25, 0.3) is 22.6 Å². The van der Waals surface area contributed by atoms with E-state index in [9.17, 15) is 0 Å². The number of rotatable bonds is 1. The molecule has 0 saturated carbocycles. The minimum absolute atomic E-state index is 0.563. The summed E-state index contributed by atoms with van der Waals surface area (Å²) in [4.78, 5) is 4.39. The van der Waals surface area contributed by atoms with E-state index >= 15 is 0 Å². The van der Waals surface area contributed by atoms with Gasteiger partial charge in [-0.25, -0.2) is 4.98 Å². The minimum atomic E-state index is 0.563. The number of hydrogen-bond donors (Lipinski definition) is 0. The third kappa shape index (κ3) is 1.89. The molecule has 3 nitrogen and oxygen atoms in total. The van der Waals surface area contributed by atoms with Crippen molar-refractivity contribution in [2.45, 2.75) is 0 Å². The molecule has 0 aliphatic rings. The van der Waals surface area contributed by atoms with Crippen molar-refractivity contribution in [2.75, 3.05) is 0 Å². The summed E-state index contributed by atoms with van der Waals surface area (Å²) in [7, 11) is 0. The first-order valence-corrected chi connectivity index (χ1v) is 6.12. The summed E-state index contributed by atoms with van der Waals surface area (Å²) in [6.07, 6.45) is 0. The fourth-order valence-electron chi connectivity index (χ4n) is 1.71. The van der Waals surface area contributed by atoms with Crippen LogP contribution < -0.4 is 0 Å². The Hall–Kier alpha value is -2.12. The molecule has 0 amide bonds. The molecule has 2 aromatic carbocycles. The number of benzene rings is 2. The van der Waals surface area contributed by atoms with Crippen LogP contribution >= 0.6 is 15.9 Å². The molecular formula is C14H7BrN2O. The van der Waals surface area contributed by atoms with Gasteiger partial charge in [-0.1, -0.05) is 15.9 Å². The van der Waals surface area contributed by atoms with Gasteiger partial charge >= 0.3 is 0 Å². The van der Waals surface area contributed by atoms with Gasteiger partial charge in [0.15, 0.2) is 5.58 Å². The van der Waals surface area contributed by atoms with Crippen LogP contribution in [0.3, 0.4) is 0 Å². The fourth-order valence-corrected chi connectivity index (χ4v) is 1.98. The van der Waals surface area contributed by atoms with Gasteiger partial charge in [-0.3, -0.25) is 0 Å². The first-order valence-electron chi connectivity index (χ1n) is 5.33. The van der Waals surface area contributed by atoms with Gasteiger partial charge in [0.25, 0.3) is 0 Å². The second-order valence-electron chi connectivity index (χ2n) is 3.82. The van der Waals surface area contributed by atoms with E-state index < -0.39 is 0 Å². The Morgan fingerprint density at radius 3 is 2.61 bits per heavy atom. The second kappa shape index (κ2) is 4.28.